The van der Waals surface area contributed by atoms with Crippen LogP contribution < -0.4 is 14.9 Å². The van der Waals surface area contributed by atoms with Crippen molar-refractivity contribution in [1.82, 2.24) is 25.0 Å². The van der Waals surface area contributed by atoms with Gasteiger partial charge < -0.3 is 9.64 Å². The number of pyridine rings is 1. The third kappa shape index (κ3) is 6.84. The summed E-state index contributed by atoms with van der Waals surface area (Å²) in [5, 5.41) is 10.1. The summed E-state index contributed by atoms with van der Waals surface area (Å²) in [5.41, 5.74) is 3.07. The molecule has 3 N–H and O–H groups in total. The first kappa shape index (κ1) is 28.9. The third-order valence-electron chi connectivity index (χ3n) is 7.58. The molecule has 0 unspecified atom stereocenters. The number of carbonyl (C=O) groups excluding carboxylic acids is 2. The standard InChI is InChI=1S/C29H35N5O6S/c1-21-15-22(25-7-3-4-8-26(25)30-21)18-40-23-9-11-24(12-10-23)41(38,39)32-29(16-27(35)31-37)19-34(20-29)28(36)17-33-13-5-2-6-14-33/h3-4,7-12,15,32,37H,2,5-6,13-14,16-20H2,1H3,(H,31,35). The van der Waals surface area contributed by atoms with Crippen LogP contribution in [0.4, 0.5) is 0 Å². The van der Waals surface area contributed by atoms with Gasteiger partial charge in [-0.25, -0.2) is 18.6 Å². The van der Waals surface area contributed by atoms with Gasteiger partial charge in [-0.2, -0.15) is 0 Å². The van der Waals surface area contributed by atoms with Crippen molar-refractivity contribution in [2.45, 2.75) is 49.6 Å². The summed E-state index contributed by atoms with van der Waals surface area (Å²) in [6, 6.07) is 15.8. The van der Waals surface area contributed by atoms with Gasteiger partial charge in [-0.1, -0.05) is 24.6 Å². The van der Waals surface area contributed by atoms with E-state index < -0.39 is 21.5 Å². The molecule has 3 heterocycles. The Morgan fingerprint density at radius 2 is 1.76 bits per heavy atom. The summed E-state index contributed by atoms with van der Waals surface area (Å²) >= 11 is 0. The van der Waals surface area contributed by atoms with Gasteiger partial charge in [0.1, 0.15) is 12.4 Å². The number of aromatic nitrogens is 1. The highest BCUT2D eigenvalue weighted by Gasteiger charge is 2.49. The van der Waals surface area contributed by atoms with Gasteiger partial charge in [-0.05, 0) is 69.3 Å². The van der Waals surface area contributed by atoms with Crippen molar-refractivity contribution in [3.8, 4) is 5.75 Å². The number of carbonyl (C=O) groups is 2. The summed E-state index contributed by atoms with van der Waals surface area (Å²) < 4.78 is 35.2. The van der Waals surface area contributed by atoms with E-state index in [1.54, 1.807) is 22.5 Å². The molecule has 0 aliphatic carbocycles. The third-order valence-corrected chi connectivity index (χ3v) is 9.17. The molecule has 2 aromatic carbocycles. The number of hydroxylamine groups is 1. The van der Waals surface area contributed by atoms with E-state index >= 15 is 0 Å². The largest absolute Gasteiger partial charge is 0.489 e. The van der Waals surface area contributed by atoms with Gasteiger partial charge in [-0.15, -0.1) is 0 Å². The first-order chi connectivity index (χ1) is 19.7. The lowest BCUT2D eigenvalue weighted by atomic mass is 9.87. The second-order valence-corrected chi connectivity index (χ2v) is 12.6. The Balaban J connectivity index is 1.24. The van der Waals surface area contributed by atoms with Crippen molar-refractivity contribution in [2.24, 2.45) is 0 Å². The lowest BCUT2D eigenvalue weighted by Gasteiger charge is -2.50. The number of amides is 2. The number of nitrogens with zero attached hydrogens (tertiary/aromatic N) is 3. The molecule has 3 aromatic rings. The summed E-state index contributed by atoms with van der Waals surface area (Å²) in [6.07, 6.45) is 2.96. The zero-order valence-corrected chi connectivity index (χ0v) is 23.8. The Hall–Kier alpha value is -3.58. The zero-order valence-electron chi connectivity index (χ0n) is 23.0. The van der Waals surface area contributed by atoms with E-state index in [1.807, 2.05) is 37.3 Å². The number of benzene rings is 2. The van der Waals surface area contributed by atoms with Gasteiger partial charge in [0.15, 0.2) is 0 Å². The number of sulfonamides is 1. The molecule has 2 aliphatic heterocycles. The van der Waals surface area contributed by atoms with Crippen LogP contribution in [0.15, 0.2) is 59.5 Å². The van der Waals surface area contributed by atoms with E-state index in [9.17, 15) is 18.0 Å². The van der Waals surface area contributed by atoms with Crippen molar-refractivity contribution in [1.29, 1.82) is 0 Å². The summed E-state index contributed by atoms with van der Waals surface area (Å²) in [6.45, 7) is 4.27. The van der Waals surface area contributed by atoms with Crippen molar-refractivity contribution in [3.63, 3.8) is 0 Å². The van der Waals surface area contributed by atoms with Gasteiger partial charge in [0, 0.05) is 29.7 Å². The van der Waals surface area contributed by atoms with E-state index in [0.29, 0.717) is 5.75 Å². The minimum absolute atomic E-state index is 0.00284. The molecule has 5 rings (SSSR count). The van der Waals surface area contributed by atoms with Crippen LogP contribution in [-0.4, -0.2) is 78.5 Å². The van der Waals surface area contributed by atoms with Crippen LogP contribution in [0.5, 0.6) is 5.75 Å². The average molecular weight is 582 g/mol. The van der Waals surface area contributed by atoms with Crippen LogP contribution in [0.3, 0.4) is 0 Å². The summed E-state index contributed by atoms with van der Waals surface area (Å²) in [4.78, 5) is 33.0. The van der Waals surface area contributed by atoms with Crippen LogP contribution in [0.1, 0.15) is 36.9 Å². The van der Waals surface area contributed by atoms with Crippen molar-refractivity contribution in [2.75, 3.05) is 32.7 Å². The Labute approximate surface area is 239 Å². The van der Waals surface area contributed by atoms with E-state index in [-0.39, 0.29) is 43.5 Å². The fourth-order valence-corrected chi connectivity index (χ4v) is 6.95. The first-order valence-corrected chi connectivity index (χ1v) is 15.2. The minimum atomic E-state index is -4.05. The summed E-state index contributed by atoms with van der Waals surface area (Å²) in [5.74, 6) is -0.349. The molecule has 11 nitrogen and oxygen atoms in total. The van der Waals surface area contributed by atoms with E-state index in [4.69, 9.17) is 9.94 Å². The summed E-state index contributed by atoms with van der Waals surface area (Å²) in [7, 11) is -4.05. The number of fused-ring (bicyclic) bond motifs is 1. The maximum atomic E-state index is 13.3. The average Bonchev–Trinajstić information content (AvgIpc) is 2.94. The molecule has 41 heavy (non-hydrogen) atoms. The number of likely N-dealkylation sites (tertiary alicyclic amines) is 2. The molecule has 0 saturated carbocycles. The molecule has 1 aromatic heterocycles. The molecule has 0 spiro atoms. The maximum absolute atomic E-state index is 13.3. The van der Waals surface area contributed by atoms with Crippen molar-refractivity contribution >= 4 is 32.7 Å². The fourth-order valence-electron chi connectivity index (χ4n) is 5.56. The van der Waals surface area contributed by atoms with E-state index in [1.165, 1.54) is 12.1 Å². The molecule has 218 valence electrons. The van der Waals surface area contributed by atoms with Crippen molar-refractivity contribution < 1.29 is 28.0 Å². The molecule has 12 heteroatoms. The number of hydrogen-bond donors (Lipinski definition) is 3. The van der Waals surface area contributed by atoms with Crippen LogP contribution in [0.2, 0.25) is 0 Å². The second-order valence-electron chi connectivity index (χ2n) is 10.9. The maximum Gasteiger partial charge on any atom is 0.245 e. The molecule has 2 saturated heterocycles. The number of ether oxygens (including phenoxy) is 1. The van der Waals surface area contributed by atoms with Crippen LogP contribution in [0.25, 0.3) is 10.9 Å². The lowest BCUT2D eigenvalue weighted by molar-refractivity contribution is -0.144. The Kier molecular flexibility index (Phi) is 8.55. The molecule has 2 fully saturated rings. The predicted molar refractivity (Wildman–Crippen MR) is 152 cm³/mol. The van der Waals surface area contributed by atoms with Gasteiger partial charge >= 0.3 is 0 Å². The Morgan fingerprint density at radius 1 is 1.05 bits per heavy atom. The SMILES string of the molecule is Cc1cc(COc2ccc(S(=O)(=O)NC3(CC(=O)NO)CN(C(=O)CN4CCCCC4)C3)cc2)c2ccccc2n1. The topological polar surface area (TPSA) is 141 Å². The smallest absolute Gasteiger partial charge is 0.245 e. The molecule has 2 amide bonds. The first-order valence-electron chi connectivity index (χ1n) is 13.7. The predicted octanol–water partition coefficient (Wildman–Crippen LogP) is 2.36. The fraction of sp³-hybridized carbons (Fsp3) is 0.414. The number of aryl methyl sites for hydroxylation is 1. The molecule has 2 aliphatic rings. The quantitative estimate of drug-likeness (QED) is 0.245. The number of hydrogen-bond acceptors (Lipinski definition) is 8. The number of piperidine rings is 1. The Morgan fingerprint density at radius 3 is 2.46 bits per heavy atom. The molecule has 0 bridgehead atoms. The van der Waals surface area contributed by atoms with Crippen LogP contribution >= 0.6 is 0 Å². The number of rotatable bonds is 10. The molecular formula is C29H35N5O6S. The number of nitrogens with one attached hydrogen (secondary N) is 2. The van der Waals surface area contributed by atoms with Gasteiger partial charge in [0.25, 0.3) is 0 Å². The normalized spacial score (nSPS) is 17.2. The lowest BCUT2D eigenvalue weighted by Crippen LogP contribution is -2.72. The van der Waals surface area contributed by atoms with Crippen LogP contribution in [0, 0.1) is 6.92 Å². The molecule has 0 radical (unpaired) electrons. The highest BCUT2D eigenvalue weighted by atomic mass is 32.2. The van der Waals surface area contributed by atoms with Crippen molar-refractivity contribution in [3.05, 3.63) is 65.9 Å². The van der Waals surface area contributed by atoms with E-state index in [0.717, 1.165) is 54.5 Å². The highest BCUT2D eigenvalue weighted by Crippen LogP contribution is 2.29. The Bertz CT molecular complexity index is 1520. The molecule has 0 atom stereocenters. The zero-order chi connectivity index (χ0) is 29.0. The van der Waals surface area contributed by atoms with E-state index in [2.05, 4.69) is 14.6 Å². The second kappa shape index (κ2) is 12.1. The van der Waals surface area contributed by atoms with Gasteiger partial charge in [-0.3, -0.25) is 24.7 Å². The minimum Gasteiger partial charge on any atom is -0.489 e. The van der Waals surface area contributed by atoms with Gasteiger partial charge in [0.05, 0.1) is 28.9 Å². The highest BCUT2D eigenvalue weighted by molar-refractivity contribution is 7.89. The number of para-hydroxylation sites is 1. The van der Waals surface area contributed by atoms with Gasteiger partial charge in [0.2, 0.25) is 21.8 Å². The monoisotopic (exact) mass is 581 g/mol. The van der Waals surface area contributed by atoms with Crippen LogP contribution in [-0.2, 0) is 26.2 Å². The molecular weight excluding hydrogens is 546 g/mol.